The summed E-state index contributed by atoms with van der Waals surface area (Å²) in [6, 6.07) is 5.58. The largest absolute Gasteiger partial charge is 0.384 e. The van der Waals surface area contributed by atoms with Crippen LogP contribution in [-0.4, -0.2) is 25.6 Å². The SMILES string of the molecule is COC(C)CNc1cc(Br)ccc1C(=N)N. The number of amidine groups is 1. The lowest BCUT2D eigenvalue weighted by molar-refractivity contribution is 0.129. The van der Waals surface area contributed by atoms with Crippen LogP contribution in [-0.2, 0) is 4.74 Å². The zero-order valence-electron chi connectivity index (χ0n) is 9.38. The van der Waals surface area contributed by atoms with E-state index in [1.54, 1.807) is 7.11 Å². The first-order valence-electron chi connectivity index (χ1n) is 4.95. The number of hydrogen-bond donors (Lipinski definition) is 3. The van der Waals surface area contributed by atoms with Crippen LogP contribution in [0.25, 0.3) is 0 Å². The van der Waals surface area contributed by atoms with Gasteiger partial charge in [0.1, 0.15) is 5.84 Å². The van der Waals surface area contributed by atoms with Crippen LogP contribution < -0.4 is 11.1 Å². The van der Waals surface area contributed by atoms with Gasteiger partial charge in [0.05, 0.1) is 6.10 Å². The smallest absolute Gasteiger partial charge is 0.124 e. The number of nitrogens with two attached hydrogens (primary N) is 1. The molecule has 0 radical (unpaired) electrons. The molecular weight excluding hydrogens is 270 g/mol. The number of nitrogens with one attached hydrogen (secondary N) is 2. The summed E-state index contributed by atoms with van der Waals surface area (Å²) >= 11 is 3.39. The van der Waals surface area contributed by atoms with E-state index < -0.39 is 0 Å². The van der Waals surface area contributed by atoms with Gasteiger partial charge in [0.15, 0.2) is 0 Å². The van der Waals surface area contributed by atoms with Crippen molar-refractivity contribution >= 4 is 27.5 Å². The fourth-order valence-corrected chi connectivity index (χ4v) is 1.60. The molecule has 4 nitrogen and oxygen atoms in total. The van der Waals surface area contributed by atoms with E-state index in [-0.39, 0.29) is 11.9 Å². The van der Waals surface area contributed by atoms with Crippen molar-refractivity contribution in [1.82, 2.24) is 0 Å². The lowest BCUT2D eigenvalue weighted by atomic mass is 10.1. The Labute approximate surface area is 104 Å². The lowest BCUT2D eigenvalue weighted by Gasteiger charge is -2.15. The molecule has 0 fully saturated rings. The van der Waals surface area contributed by atoms with E-state index in [9.17, 15) is 0 Å². The molecule has 0 amide bonds. The second-order valence-corrected chi connectivity index (χ2v) is 4.45. The Morgan fingerprint density at radius 2 is 2.31 bits per heavy atom. The summed E-state index contributed by atoms with van der Waals surface area (Å²) in [7, 11) is 1.67. The highest BCUT2D eigenvalue weighted by Crippen LogP contribution is 2.21. The van der Waals surface area contributed by atoms with E-state index >= 15 is 0 Å². The van der Waals surface area contributed by atoms with Gasteiger partial charge < -0.3 is 15.8 Å². The third kappa shape index (κ3) is 3.50. The molecule has 4 N–H and O–H groups in total. The average molecular weight is 286 g/mol. The molecule has 5 heteroatoms. The molecular formula is C11H16BrN3O. The molecule has 0 aliphatic heterocycles. The molecule has 0 saturated carbocycles. The number of anilines is 1. The third-order valence-electron chi connectivity index (χ3n) is 2.25. The number of halogens is 1. The first kappa shape index (κ1) is 13.0. The van der Waals surface area contributed by atoms with Crippen LogP contribution >= 0.6 is 15.9 Å². The molecule has 0 heterocycles. The Balaban J connectivity index is 2.84. The Kier molecular flexibility index (Phi) is 4.76. The van der Waals surface area contributed by atoms with Crippen LogP contribution in [0.4, 0.5) is 5.69 Å². The monoisotopic (exact) mass is 285 g/mol. The van der Waals surface area contributed by atoms with Crippen molar-refractivity contribution in [3.8, 4) is 0 Å². The summed E-state index contributed by atoms with van der Waals surface area (Å²) < 4.78 is 6.09. The standard InChI is InChI=1S/C11H16BrN3O/c1-7(16-2)6-15-10-5-8(12)3-4-9(10)11(13)14/h3-5,7,15H,6H2,1-2H3,(H3,13,14). The van der Waals surface area contributed by atoms with Gasteiger partial charge in [-0.25, -0.2) is 0 Å². The molecule has 16 heavy (non-hydrogen) atoms. The third-order valence-corrected chi connectivity index (χ3v) is 2.75. The van der Waals surface area contributed by atoms with E-state index in [2.05, 4.69) is 21.2 Å². The van der Waals surface area contributed by atoms with Crippen LogP contribution in [0, 0.1) is 5.41 Å². The fourth-order valence-electron chi connectivity index (χ4n) is 1.23. The van der Waals surface area contributed by atoms with Gasteiger partial charge in [-0.3, -0.25) is 5.41 Å². The average Bonchev–Trinajstić information content (AvgIpc) is 2.25. The van der Waals surface area contributed by atoms with Crippen LogP contribution in [0.1, 0.15) is 12.5 Å². The number of ether oxygens (including phenoxy) is 1. The van der Waals surface area contributed by atoms with E-state index in [0.717, 1.165) is 10.2 Å². The molecule has 0 aliphatic rings. The van der Waals surface area contributed by atoms with Crippen LogP contribution in [0.15, 0.2) is 22.7 Å². The van der Waals surface area contributed by atoms with Gasteiger partial charge in [-0.2, -0.15) is 0 Å². The summed E-state index contributed by atoms with van der Waals surface area (Å²) in [5.74, 6) is 0.0556. The van der Waals surface area contributed by atoms with Crippen molar-refractivity contribution in [2.75, 3.05) is 19.0 Å². The van der Waals surface area contributed by atoms with E-state index in [1.807, 2.05) is 25.1 Å². The Hall–Kier alpha value is -1.07. The molecule has 1 rings (SSSR count). The lowest BCUT2D eigenvalue weighted by Crippen LogP contribution is -2.21. The number of rotatable bonds is 5. The normalized spacial score (nSPS) is 12.2. The van der Waals surface area contributed by atoms with Gasteiger partial charge >= 0.3 is 0 Å². The number of hydrogen-bond acceptors (Lipinski definition) is 3. The number of nitrogen functional groups attached to an aromatic ring is 1. The summed E-state index contributed by atoms with van der Waals surface area (Å²) in [6.07, 6.45) is 0.110. The van der Waals surface area contributed by atoms with Crippen LogP contribution in [0.3, 0.4) is 0 Å². The van der Waals surface area contributed by atoms with Crippen molar-refractivity contribution in [2.45, 2.75) is 13.0 Å². The zero-order chi connectivity index (χ0) is 12.1. The molecule has 1 atom stereocenters. The van der Waals surface area contributed by atoms with Gasteiger partial charge in [0, 0.05) is 29.4 Å². The topological polar surface area (TPSA) is 71.1 Å². The van der Waals surface area contributed by atoms with Crippen LogP contribution in [0.2, 0.25) is 0 Å². The van der Waals surface area contributed by atoms with Crippen molar-refractivity contribution in [1.29, 1.82) is 5.41 Å². The molecule has 0 spiro atoms. The first-order chi connectivity index (χ1) is 7.54. The van der Waals surface area contributed by atoms with E-state index in [0.29, 0.717) is 12.1 Å². The minimum Gasteiger partial charge on any atom is -0.384 e. The minimum atomic E-state index is 0.0556. The van der Waals surface area contributed by atoms with Gasteiger partial charge in [-0.1, -0.05) is 15.9 Å². The molecule has 88 valence electrons. The Morgan fingerprint density at radius 1 is 1.62 bits per heavy atom. The Morgan fingerprint density at radius 3 is 2.88 bits per heavy atom. The predicted molar refractivity (Wildman–Crippen MR) is 70.1 cm³/mol. The zero-order valence-corrected chi connectivity index (χ0v) is 11.0. The van der Waals surface area contributed by atoms with Crippen molar-refractivity contribution < 1.29 is 4.74 Å². The maximum absolute atomic E-state index is 7.47. The molecule has 1 aromatic rings. The molecule has 1 aromatic carbocycles. The minimum absolute atomic E-state index is 0.0556. The molecule has 0 aromatic heterocycles. The molecule has 0 bridgehead atoms. The van der Waals surface area contributed by atoms with Gasteiger partial charge in [0.25, 0.3) is 0 Å². The molecule has 0 saturated heterocycles. The van der Waals surface area contributed by atoms with Gasteiger partial charge in [-0.05, 0) is 25.1 Å². The predicted octanol–water partition coefficient (Wildman–Crippen LogP) is 2.18. The Bertz CT molecular complexity index is 381. The highest BCUT2D eigenvalue weighted by Gasteiger charge is 2.07. The maximum atomic E-state index is 7.47. The highest BCUT2D eigenvalue weighted by molar-refractivity contribution is 9.10. The van der Waals surface area contributed by atoms with Crippen molar-refractivity contribution in [2.24, 2.45) is 5.73 Å². The van der Waals surface area contributed by atoms with Crippen LogP contribution in [0.5, 0.6) is 0 Å². The second kappa shape index (κ2) is 5.86. The molecule has 1 unspecified atom stereocenters. The van der Waals surface area contributed by atoms with Crippen molar-refractivity contribution in [3.63, 3.8) is 0 Å². The quantitative estimate of drug-likeness (QED) is 0.574. The highest BCUT2D eigenvalue weighted by atomic mass is 79.9. The summed E-state index contributed by atoms with van der Waals surface area (Å²) in [5.41, 5.74) is 7.04. The second-order valence-electron chi connectivity index (χ2n) is 3.53. The van der Waals surface area contributed by atoms with E-state index in [1.165, 1.54) is 0 Å². The van der Waals surface area contributed by atoms with Gasteiger partial charge in [-0.15, -0.1) is 0 Å². The van der Waals surface area contributed by atoms with E-state index in [4.69, 9.17) is 15.9 Å². The first-order valence-corrected chi connectivity index (χ1v) is 5.74. The molecule has 0 aliphatic carbocycles. The summed E-state index contributed by atoms with van der Waals surface area (Å²) in [5, 5.41) is 10.7. The number of benzene rings is 1. The van der Waals surface area contributed by atoms with Crippen molar-refractivity contribution in [3.05, 3.63) is 28.2 Å². The fraction of sp³-hybridized carbons (Fsp3) is 0.364. The summed E-state index contributed by atoms with van der Waals surface area (Å²) in [6.45, 7) is 2.64. The summed E-state index contributed by atoms with van der Waals surface area (Å²) in [4.78, 5) is 0. The maximum Gasteiger partial charge on any atom is 0.124 e. The number of methoxy groups -OCH3 is 1. The van der Waals surface area contributed by atoms with Gasteiger partial charge in [0.2, 0.25) is 0 Å².